The van der Waals surface area contributed by atoms with E-state index in [-0.39, 0.29) is 53.6 Å². The molecule has 0 aliphatic heterocycles. The summed E-state index contributed by atoms with van der Waals surface area (Å²) >= 11 is 0. The number of carboxylic acids is 1. The number of fused-ring (bicyclic) bond motifs is 1. The highest BCUT2D eigenvalue weighted by molar-refractivity contribution is 5.97. The average molecular weight is 486 g/mol. The number of anilines is 3. The summed E-state index contributed by atoms with van der Waals surface area (Å²) in [6.07, 6.45) is -0.484. The maximum absolute atomic E-state index is 12.5. The van der Waals surface area contributed by atoms with Gasteiger partial charge in [0, 0.05) is 24.7 Å². The molecule has 0 aliphatic carbocycles. The second-order valence-corrected chi connectivity index (χ2v) is 7.50. The van der Waals surface area contributed by atoms with E-state index in [1.54, 1.807) is 24.1 Å². The summed E-state index contributed by atoms with van der Waals surface area (Å²) in [5, 5.41) is 11.3. The van der Waals surface area contributed by atoms with E-state index in [0.29, 0.717) is 5.69 Å². The fourth-order valence-corrected chi connectivity index (χ4v) is 3.20. The predicted octanol–water partition coefficient (Wildman–Crippen LogP) is -1.82. The van der Waals surface area contributed by atoms with Crippen molar-refractivity contribution in [3.05, 3.63) is 45.9 Å². The third-order valence-electron chi connectivity index (χ3n) is 5.01. The van der Waals surface area contributed by atoms with E-state index >= 15 is 0 Å². The molecule has 15 nitrogen and oxygen atoms in total. The van der Waals surface area contributed by atoms with Gasteiger partial charge in [0.05, 0.1) is 6.54 Å². The Kier molecular flexibility index (Phi) is 7.40. The molecular formula is C20H24N9O6+. The van der Waals surface area contributed by atoms with Crippen LogP contribution in [0.5, 0.6) is 0 Å². The first-order chi connectivity index (χ1) is 16.6. The van der Waals surface area contributed by atoms with Crippen LogP contribution in [0, 0.1) is 0 Å². The first-order valence-electron chi connectivity index (χ1n) is 10.2. The molecule has 2 aromatic heterocycles. The first kappa shape index (κ1) is 24.8. The maximum atomic E-state index is 12.5. The van der Waals surface area contributed by atoms with Crippen molar-refractivity contribution < 1.29 is 30.2 Å². The molecule has 1 aromatic carbocycles. The molecule has 0 saturated heterocycles. The lowest BCUT2D eigenvalue weighted by molar-refractivity contribution is -0.657. The zero-order valence-electron chi connectivity index (χ0n) is 18.6. The molecule has 15 heteroatoms. The Balaban J connectivity index is 1.73. The summed E-state index contributed by atoms with van der Waals surface area (Å²) in [5.74, 6) is 0.395. The van der Waals surface area contributed by atoms with Crippen molar-refractivity contribution in [3.8, 4) is 0 Å². The quantitative estimate of drug-likeness (QED) is 0.183. The van der Waals surface area contributed by atoms with Gasteiger partial charge in [0.15, 0.2) is 11.5 Å². The topological polar surface area (TPSA) is 247 Å². The van der Waals surface area contributed by atoms with Crippen molar-refractivity contribution in [2.24, 2.45) is 0 Å². The lowest BCUT2D eigenvalue weighted by Crippen LogP contribution is -2.56. The first-order valence-corrected chi connectivity index (χ1v) is 10.2. The standard InChI is InChI=1S/C20H23N9O6/c1-29(8-12-18(33)27-16-14(24-12)15(21)26-20(22)28-16)10-4-2-9(3-5-10)17(32)25-11(19(34)35-23)6-7-13(30)31/h2-5,11H,6-8H2,1,23H3,(H6-,21,22,25,26,27,28,30,31,32,33)/p+1/t11-/m0/s1. The SMILES string of the molecule is CN(Cc1nc2c(N)nc(N)nc2[nH]c1=O)c1ccc(C(=O)N[C@@H](CCC(=O)O)C(=O)O[NH3+])cc1. The number of nitrogens with zero attached hydrogens (tertiary/aromatic N) is 4. The molecule has 0 unspecified atom stereocenters. The van der Waals surface area contributed by atoms with Crippen molar-refractivity contribution in [2.45, 2.75) is 25.4 Å². The molecule has 3 aromatic rings. The second-order valence-electron chi connectivity index (χ2n) is 7.50. The van der Waals surface area contributed by atoms with Crippen LogP contribution in [0.15, 0.2) is 29.1 Å². The summed E-state index contributed by atoms with van der Waals surface area (Å²) in [6, 6.07) is 5.13. The highest BCUT2D eigenvalue weighted by Gasteiger charge is 2.25. The van der Waals surface area contributed by atoms with E-state index < -0.39 is 29.4 Å². The summed E-state index contributed by atoms with van der Waals surface area (Å²) in [6.45, 7) is 0.104. The number of nitrogens with one attached hydrogen (secondary N) is 2. The fourth-order valence-electron chi connectivity index (χ4n) is 3.20. The van der Waals surface area contributed by atoms with E-state index in [4.69, 9.17) is 16.6 Å². The van der Waals surface area contributed by atoms with Gasteiger partial charge < -0.3 is 31.8 Å². The van der Waals surface area contributed by atoms with Gasteiger partial charge in [-0.1, -0.05) is 0 Å². The molecule has 1 atom stereocenters. The number of nitrogens with two attached hydrogens (primary N) is 2. The molecule has 184 valence electrons. The number of aromatic amines is 1. The van der Waals surface area contributed by atoms with Crippen molar-refractivity contribution >= 4 is 46.5 Å². The fraction of sp³-hybridized carbons (Fsp3) is 0.250. The molecule has 0 spiro atoms. The average Bonchev–Trinajstić information content (AvgIpc) is 2.81. The molecule has 10 N–H and O–H groups in total. The summed E-state index contributed by atoms with van der Waals surface area (Å²) in [5.41, 5.74) is 12.3. The number of benzene rings is 1. The van der Waals surface area contributed by atoms with E-state index in [9.17, 15) is 19.2 Å². The lowest BCUT2D eigenvalue weighted by Gasteiger charge is -2.19. The van der Waals surface area contributed by atoms with Crippen molar-refractivity contribution in [1.82, 2.24) is 25.3 Å². The van der Waals surface area contributed by atoms with Gasteiger partial charge in [0.1, 0.15) is 17.3 Å². The number of hydrogen-bond acceptors (Lipinski definition) is 11. The van der Waals surface area contributed by atoms with Gasteiger partial charge in [-0.2, -0.15) is 15.9 Å². The van der Waals surface area contributed by atoms with Crippen LogP contribution in [-0.2, 0) is 21.0 Å². The highest BCUT2D eigenvalue weighted by Crippen LogP contribution is 2.17. The lowest BCUT2D eigenvalue weighted by atomic mass is 10.1. The van der Waals surface area contributed by atoms with Crippen molar-refractivity contribution in [2.75, 3.05) is 23.4 Å². The Hall–Kier alpha value is -4.79. The highest BCUT2D eigenvalue weighted by atomic mass is 16.7. The number of H-pyrrole nitrogens is 1. The van der Waals surface area contributed by atoms with Gasteiger partial charge in [-0.25, -0.2) is 9.78 Å². The Bertz CT molecular complexity index is 1330. The number of aromatic nitrogens is 4. The molecule has 0 fully saturated rings. The molecule has 0 aliphatic rings. The van der Waals surface area contributed by atoms with Gasteiger partial charge in [-0.15, -0.1) is 0 Å². The van der Waals surface area contributed by atoms with Crippen molar-refractivity contribution in [1.29, 1.82) is 0 Å². The Labute approximate surface area is 197 Å². The van der Waals surface area contributed by atoms with E-state index in [2.05, 4.69) is 36.0 Å². The smallest absolute Gasteiger partial charge is 0.388 e. The molecule has 3 rings (SSSR count). The van der Waals surface area contributed by atoms with E-state index in [0.717, 1.165) is 0 Å². The largest absolute Gasteiger partial charge is 0.481 e. The van der Waals surface area contributed by atoms with Crippen LogP contribution >= 0.6 is 0 Å². The van der Waals surface area contributed by atoms with Crippen LogP contribution < -0.4 is 33.1 Å². The minimum Gasteiger partial charge on any atom is -0.481 e. The summed E-state index contributed by atoms with van der Waals surface area (Å²) < 4.78 is 0. The van der Waals surface area contributed by atoms with Crippen LogP contribution in [0.3, 0.4) is 0 Å². The number of rotatable bonds is 9. The summed E-state index contributed by atoms with van der Waals surface area (Å²) in [4.78, 5) is 68.2. The molecule has 1 amide bonds. The molecule has 0 saturated carbocycles. The van der Waals surface area contributed by atoms with Crippen LogP contribution in [0.4, 0.5) is 17.5 Å². The number of hydrogen-bond donors (Lipinski definition) is 6. The Morgan fingerprint density at radius 1 is 1.20 bits per heavy atom. The van der Waals surface area contributed by atoms with Gasteiger partial charge >= 0.3 is 11.9 Å². The minimum absolute atomic E-state index is 0.0346. The number of aliphatic carboxylic acids is 1. The zero-order valence-corrected chi connectivity index (χ0v) is 18.6. The van der Waals surface area contributed by atoms with E-state index in [1.807, 2.05) is 0 Å². The van der Waals surface area contributed by atoms with Crippen LogP contribution in [0.1, 0.15) is 28.9 Å². The monoisotopic (exact) mass is 486 g/mol. The normalized spacial score (nSPS) is 11.6. The van der Waals surface area contributed by atoms with Gasteiger partial charge in [0.25, 0.3) is 11.5 Å². The molecule has 0 bridgehead atoms. The predicted molar refractivity (Wildman–Crippen MR) is 122 cm³/mol. The van der Waals surface area contributed by atoms with Crippen LogP contribution in [-0.4, -0.2) is 56.0 Å². The number of carbonyl (C=O) groups is 3. The third-order valence-corrected chi connectivity index (χ3v) is 5.01. The third kappa shape index (κ3) is 5.97. The van der Waals surface area contributed by atoms with Crippen LogP contribution in [0.2, 0.25) is 0 Å². The zero-order chi connectivity index (χ0) is 25.7. The number of amides is 1. The number of nitrogen functional groups attached to an aromatic ring is 2. The Morgan fingerprint density at radius 2 is 1.89 bits per heavy atom. The number of quaternary nitrogens is 1. The Morgan fingerprint density at radius 3 is 2.51 bits per heavy atom. The summed E-state index contributed by atoms with van der Waals surface area (Å²) in [7, 11) is 1.72. The van der Waals surface area contributed by atoms with Gasteiger partial charge in [-0.05, 0) is 30.7 Å². The van der Waals surface area contributed by atoms with E-state index in [1.165, 1.54) is 12.1 Å². The number of carbonyl (C=O) groups excluding carboxylic acids is 2. The molecule has 0 radical (unpaired) electrons. The molecular weight excluding hydrogens is 462 g/mol. The van der Waals surface area contributed by atoms with Crippen molar-refractivity contribution in [3.63, 3.8) is 0 Å². The van der Waals surface area contributed by atoms with Crippen LogP contribution in [0.25, 0.3) is 11.2 Å². The van der Waals surface area contributed by atoms with Gasteiger partial charge in [0.2, 0.25) is 5.95 Å². The molecule has 35 heavy (non-hydrogen) atoms. The minimum atomic E-state index is -1.16. The van der Waals surface area contributed by atoms with Gasteiger partial charge in [-0.3, -0.25) is 19.2 Å². The second kappa shape index (κ2) is 10.4. The maximum Gasteiger partial charge on any atom is 0.388 e. The number of carboxylic acid groups (broad SMARTS) is 1. The molecule has 2 heterocycles.